The first kappa shape index (κ1) is 22.1. The zero-order valence-corrected chi connectivity index (χ0v) is 17.1. The van der Waals surface area contributed by atoms with Gasteiger partial charge >= 0.3 is 11.9 Å². The van der Waals surface area contributed by atoms with E-state index in [1.165, 1.54) is 6.07 Å². The van der Waals surface area contributed by atoms with Crippen LogP contribution in [-0.2, 0) is 18.9 Å². The Kier molecular flexibility index (Phi) is 8.67. The molecule has 1 aromatic rings. The number of carbonyl (C=O) groups is 2. The lowest BCUT2D eigenvalue weighted by atomic mass is 10.1. The third kappa shape index (κ3) is 7.44. The summed E-state index contributed by atoms with van der Waals surface area (Å²) < 4.78 is 22.4. The minimum atomic E-state index is -0.470. The molecule has 0 amide bonds. The average molecular weight is 390 g/mol. The number of benzene rings is 1. The van der Waals surface area contributed by atoms with E-state index < -0.39 is 11.9 Å². The van der Waals surface area contributed by atoms with Crippen molar-refractivity contribution < 1.29 is 28.5 Å². The van der Waals surface area contributed by atoms with Crippen molar-refractivity contribution in [2.75, 3.05) is 13.2 Å². The van der Waals surface area contributed by atoms with E-state index >= 15 is 0 Å². The maximum Gasteiger partial charge on any atom is 0.338 e. The first-order valence-electron chi connectivity index (χ1n) is 9.75. The Labute approximate surface area is 166 Å². The molecule has 6 nitrogen and oxygen atoms in total. The van der Waals surface area contributed by atoms with Crippen molar-refractivity contribution in [1.29, 1.82) is 0 Å². The van der Waals surface area contributed by atoms with Gasteiger partial charge in [0.15, 0.2) is 0 Å². The molecule has 6 heteroatoms. The number of fused-ring (bicyclic) bond motifs is 2. The van der Waals surface area contributed by atoms with Crippen molar-refractivity contribution in [2.45, 2.75) is 65.0 Å². The third-order valence-electron chi connectivity index (χ3n) is 4.40. The topological polar surface area (TPSA) is 71.1 Å². The highest BCUT2D eigenvalue weighted by molar-refractivity contribution is 5.95. The van der Waals surface area contributed by atoms with Crippen LogP contribution in [0.25, 0.3) is 0 Å². The molecule has 154 valence electrons. The van der Waals surface area contributed by atoms with Crippen molar-refractivity contribution in [3.8, 4) is 0 Å². The van der Waals surface area contributed by atoms with Gasteiger partial charge in [-0.05, 0) is 45.9 Å². The highest BCUT2D eigenvalue weighted by atomic mass is 16.6. The van der Waals surface area contributed by atoms with Gasteiger partial charge in [-0.2, -0.15) is 0 Å². The van der Waals surface area contributed by atoms with Gasteiger partial charge in [-0.15, -0.1) is 0 Å². The standard InChI is InChI=1S/C22H30O6/c1-15-12-17(3)27-21(23)19-8-7-9-20(14-19)22(24)28-18(4)13-16(2)26-11-6-5-10-25-15/h5-9,14-18H,10-13H2,1-4H3/b6-5+/t15-,16-,17-,18-/m1/s1. The predicted molar refractivity (Wildman–Crippen MR) is 105 cm³/mol. The maximum atomic E-state index is 12.4. The van der Waals surface area contributed by atoms with Gasteiger partial charge in [0, 0.05) is 12.8 Å². The summed E-state index contributed by atoms with van der Waals surface area (Å²) in [5.41, 5.74) is 0.639. The molecule has 4 atom stereocenters. The number of esters is 2. The second-order valence-electron chi connectivity index (χ2n) is 7.24. The first-order chi connectivity index (χ1) is 13.3. The Morgan fingerprint density at radius 1 is 0.714 bits per heavy atom. The molecule has 0 aromatic heterocycles. The predicted octanol–water partition coefficient (Wildman–Crippen LogP) is 3.94. The van der Waals surface area contributed by atoms with Crippen LogP contribution in [0.4, 0.5) is 0 Å². The molecule has 0 unspecified atom stereocenters. The fourth-order valence-electron chi connectivity index (χ4n) is 3.02. The zero-order chi connectivity index (χ0) is 20.5. The summed E-state index contributed by atoms with van der Waals surface area (Å²) in [5, 5.41) is 0. The summed E-state index contributed by atoms with van der Waals surface area (Å²) in [7, 11) is 0. The van der Waals surface area contributed by atoms with E-state index in [0.29, 0.717) is 37.2 Å². The Bertz CT molecular complexity index is 630. The van der Waals surface area contributed by atoms with E-state index in [1.54, 1.807) is 18.2 Å². The molecule has 0 aliphatic carbocycles. The quantitative estimate of drug-likeness (QED) is 0.494. The van der Waals surface area contributed by atoms with E-state index in [1.807, 2.05) is 39.8 Å². The molecular weight excluding hydrogens is 360 g/mol. The molecule has 1 heterocycles. The molecule has 0 saturated carbocycles. The van der Waals surface area contributed by atoms with Crippen molar-refractivity contribution in [3.05, 3.63) is 47.5 Å². The minimum Gasteiger partial charge on any atom is -0.459 e. The summed E-state index contributed by atoms with van der Waals surface area (Å²) in [6.07, 6.45) is 4.22. The molecule has 1 aromatic carbocycles. The van der Waals surface area contributed by atoms with Crippen LogP contribution < -0.4 is 0 Å². The van der Waals surface area contributed by atoms with Crippen molar-refractivity contribution in [3.63, 3.8) is 0 Å². The Balaban J connectivity index is 2.14. The van der Waals surface area contributed by atoms with Crippen LogP contribution in [0.2, 0.25) is 0 Å². The molecule has 28 heavy (non-hydrogen) atoms. The average Bonchev–Trinajstić information content (AvgIpc) is 2.63. The number of cyclic esters (lactones) is 2. The van der Waals surface area contributed by atoms with Crippen molar-refractivity contribution in [1.82, 2.24) is 0 Å². The normalized spacial score (nSPS) is 29.6. The van der Waals surface area contributed by atoms with E-state index in [0.717, 1.165) is 0 Å². The summed E-state index contributed by atoms with van der Waals surface area (Å²) in [4.78, 5) is 24.8. The van der Waals surface area contributed by atoms with Crippen molar-refractivity contribution >= 4 is 11.9 Å². The molecule has 1 aliphatic heterocycles. The first-order valence-corrected chi connectivity index (χ1v) is 9.75. The van der Waals surface area contributed by atoms with Crippen LogP contribution in [-0.4, -0.2) is 49.6 Å². The fraction of sp³-hybridized carbons (Fsp3) is 0.545. The van der Waals surface area contributed by atoms with Gasteiger partial charge < -0.3 is 18.9 Å². The minimum absolute atomic E-state index is 0.0588. The van der Waals surface area contributed by atoms with Gasteiger partial charge in [0.1, 0.15) is 12.2 Å². The molecular formula is C22H30O6. The molecule has 2 bridgehead atoms. The molecule has 0 spiro atoms. The van der Waals surface area contributed by atoms with Crippen LogP contribution >= 0.6 is 0 Å². The Morgan fingerprint density at radius 2 is 1.14 bits per heavy atom. The van der Waals surface area contributed by atoms with Gasteiger partial charge in [-0.25, -0.2) is 9.59 Å². The second-order valence-corrected chi connectivity index (χ2v) is 7.24. The van der Waals surface area contributed by atoms with Crippen LogP contribution in [0, 0.1) is 0 Å². The van der Waals surface area contributed by atoms with Gasteiger partial charge in [0.25, 0.3) is 0 Å². The van der Waals surface area contributed by atoms with Gasteiger partial charge in [0.2, 0.25) is 0 Å². The molecule has 0 fully saturated rings. The van der Waals surface area contributed by atoms with Crippen LogP contribution in [0.1, 0.15) is 61.3 Å². The van der Waals surface area contributed by atoms with Crippen LogP contribution in [0.3, 0.4) is 0 Å². The molecule has 0 radical (unpaired) electrons. The maximum absolute atomic E-state index is 12.4. The van der Waals surface area contributed by atoms with Gasteiger partial charge in [-0.1, -0.05) is 18.2 Å². The monoisotopic (exact) mass is 390 g/mol. The highest BCUT2D eigenvalue weighted by Crippen LogP contribution is 2.14. The van der Waals surface area contributed by atoms with Crippen LogP contribution in [0.15, 0.2) is 36.4 Å². The summed E-state index contributed by atoms with van der Waals surface area (Å²) >= 11 is 0. The number of ether oxygens (including phenoxy) is 4. The van der Waals surface area contributed by atoms with E-state index in [2.05, 4.69) is 0 Å². The fourth-order valence-corrected chi connectivity index (χ4v) is 3.02. The van der Waals surface area contributed by atoms with Gasteiger partial charge in [0.05, 0.1) is 36.5 Å². The molecule has 1 aliphatic rings. The third-order valence-corrected chi connectivity index (χ3v) is 4.40. The molecule has 0 N–H and O–H groups in total. The number of hydrogen-bond donors (Lipinski definition) is 0. The largest absolute Gasteiger partial charge is 0.459 e. The lowest BCUT2D eigenvalue weighted by Gasteiger charge is -2.18. The lowest BCUT2D eigenvalue weighted by Crippen LogP contribution is -2.22. The summed E-state index contributed by atoms with van der Waals surface area (Å²) in [5.74, 6) is -0.940. The van der Waals surface area contributed by atoms with Crippen LogP contribution in [0.5, 0.6) is 0 Å². The summed E-state index contributed by atoms with van der Waals surface area (Å²) in [6.45, 7) is 8.47. The number of carbonyl (C=O) groups excluding carboxylic acids is 2. The molecule has 0 saturated heterocycles. The van der Waals surface area contributed by atoms with E-state index in [9.17, 15) is 9.59 Å². The lowest BCUT2D eigenvalue weighted by molar-refractivity contribution is 0.00751. The van der Waals surface area contributed by atoms with E-state index in [4.69, 9.17) is 18.9 Å². The zero-order valence-electron chi connectivity index (χ0n) is 17.1. The summed E-state index contributed by atoms with van der Waals surface area (Å²) in [6, 6.07) is 6.40. The number of hydrogen-bond acceptors (Lipinski definition) is 6. The molecule has 2 rings (SSSR count). The van der Waals surface area contributed by atoms with Gasteiger partial charge in [-0.3, -0.25) is 0 Å². The smallest absolute Gasteiger partial charge is 0.338 e. The highest BCUT2D eigenvalue weighted by Gasteiger charge is 2.19. The van der Waals surface area contributed by atoms with E-state index in [-0.39, 0.29) is 24.4 Å². The number of rotatable bonds is 0. The Hall–Kier alpha value is -2.18. The Morgan fingerprint density at radius 3 is 1.57 bits per heavy atom. The second kappa shape index (κ2) is 11.0. The van der Waals surface area contributed by atoms with Crippen molar-refractivity contribution in [2.24, 2.45) is 0 Å². The SMILES string of the molecule is C[C@@H]1C[C@@H](C)OC(=O)c2cccc(c2)C(=O)O[C@H](C)C[C@@H](C)OC/C=C/CO1.